The Bertz CT molecular complexity index is 751. The van der Waals surface area contributed by atoms with E-state index in [0.717, 1.165) is 4.70 Å². The van der Waals surface area contributed by atoms with Gasteiger partial charge >= 0.3 is 0 Å². The third-order valence-electron chi connectivity index (χ3n) is 3.95. The molecule has 0 aliphatic carbocycles. The average molecular weight is 323 g/mol. The largest absolute Gasteiger partial charge is 0.369 e. The fourth-order valence-corrected chi connectivity index (χ4v) is 3.81. The maximum absolute atomic E-state index is 12.6. The predicted molar refractivity (Wildman–Crippen MR) is 87.2 cm³/mol. The first-order chi connectivity index (χ1) is 10.1. The van der Waals surface area contributed by atoms with E-state index in [1.54, 1.807) is 12.1 Å². The quantitative estimate of drug-likeness (QED) is 0.924. The fraction of sp³-hybridized carbons (Fsp3) is 0.333. The fourth-order valence-electron chi connectivity index (χ4n) is 2.72. The van der Waals surface area contributed by atoms with E-state index in [-0.39, 0.29) is 17.3 Å². The van der Waals surface area contributed by atoms with Crippen LogP contribution < -0.4 is 16.1 Å². The Morgan fingerprint density at radius 2 is 2.05 bits per heavy atom. The molecule has 1 saturated heterocycles. The first kappa shape index (κ1) is 14.4. The first-order valence-corrected chi connectivity index (χ1v) is 8.07. The van der Waals surface area contributed by atoms with E-state index in [1.165, 1.54) is 11.3 Å². The van der Waals surface area contributed by atoms with Gasteiger partial charge < -0.3 is 10.6 Å². The lowest BCUT2D eigenvalue weighted by Gasteiger charge is -2.31. The highest BCUT2D eigenvalue weighted by Crippen LogP contribution is 2.26. The van der Waals surface area contributed by atoms with Crippen molar-refractivity contribution in [3.05, 3.63) is 38.8 Å². The van der Waals surface area contributed by atoms with Crippen molar-refractivity contribution in [2.75, 3.05) is 18.0 Å². The van der Waals surface area contributed by atoms with Crippen LogP contribution in [-0.2, 0) is 4.79 Å². The molecule has 2 heterocycles. The Labute approximate surface area is 131 Å². The van der Waals surface area contributed by atoms with Crippen LogP contribution in [-0.4, -0.2) is 19.0 Å². The summed E-state index contributed by atoms with van der Waals surface area (Å²) in [6.07, 6.45) is 1.40. The van der Waals surface area contributed by atoms with Crippen LogP contribution in [0.1, 0.15) is 12.8 Å². The lowest BCUT2D eigenvalue weighted by Crippen LogP contribution is -2.40. The number of carbonyl (C=O) groups excluding carboxylic acids is 1. The van der Waals surface area contributed by atoms with E-state index >= 15 is 0 Å². The van der Waals surface area contributed by atoms with Crippen LogP contribution in [0.25, 0.3) is 10.1 Å². The lowest BCUT2D eigenvalue weighted by atomic mass is 9.96. The molecule has 0 unspecified atom stereocenters. The van der Waals surface area contributed by atoms with Crippen molar-refractivity contribution >= 4 is 44.6 Å². The van der Waals surface area contributed by atoms with Gasteiger partial charge in [0, 0.05) is 39.5 Å². The molecule has 0 radical (unpaired) electrons. The minimum absolute atomic E-state index is 0.00350. The highest BCUT2D eigenvalue weighted by Gasteiger charge is 2.24. The number of fused-ring (bicyclic) bond motifs is 1. The maximum atomic E-state index is 12.6. The van der Waals surface area contributed by atoms with Gasteiger partial charge in [0.1, 0.15) is 0 Å². The summed E-state index contributed by atoms with van der Waals surface area (Å²) < 4.78 is 0.931. The van der Waals surface area contributed by atoms with E-state index in [0.29, 0.717) is 42.0 Å². The zero-order valence-electron chi connectivity index (χ0n) is 11.3. The van der Waals surface area contributed by atoms with Gasteiger partial charge in [-0.3, -0.25) is 9.59 Å². The zero-order valence-corrected chi connectivity index (χ0v) is 12.9. The lowest BCUT2D eigenvalue weighted by molar-refractivity contribution is -0.122. The summed E-state index contributed by atoms with van der Waals surface area (Å²) in [7, 11) is 0. The van der Waals surface area contributed by atoms with Gasteiger partial charge in [-0.15, -0.1) is 11.3 Å². The average Bonchev–Trinajstić information content (AvgIpc) is 2.48. The van der Waals surface area contributed by atoms with E-state index in [4.69, 9.17) is 17.3 Å². The third kappa shape index (κ3) is 2.76. The summed E-state index contributed by atoms with van der Waals surface area (Å²) in [6.45, 7) is 1.36. The number of benzene rings is 1. The molecule has 110 valence electrons. The van der Waals surface area contributed by atoms with Crippen LogP contribution in [0, 0.1) is 5.92 Å². The molecule has 2 N–H and O–H groups in total. The molecule has 0 bridgehead atoms. The highest BCUT2D eigenvalue weighted by atomic mass is 35.5. The molecule has 3 rings (SSSR count). The molecule has 0 saturated carbocycles. The van der Waals surface area contributed by atoms with Crippen LogP contribution in [0.2, 0.25) is 5.02 Å². The summed E-state index contributed by atoms with van der Waals surface area (Å²) in [6, 6.07) is 5.38. The normalized spacial score (nSPS) is 16.3. The van der Waals surface area contributed by atoms with Gasteiger partial charge in [0.25, 0.3) is 0 Å². The topological polar surface area (TPSA) is 63.4 Å². The Morgan fingerprint density at radius 1 is 1.33 bits per heavy atom. The Morgan fingerprint density at radius 3 is 2.71 bits per heavy atom. The molecule has 1 aromatic carbocycles. The number of anilines is 1. The molecule has 1 fully saturated rings. The molecule has 0 spiro atoms. The van der Waals surface area contributed by atoms with Gasteiger partial charge in [-0.25, -0.2) is 0 Å². The zero-order chi connectivity index (χ0) is 15.0. The summed E-state index contributed by atoms with van der Waals surface area (Å²) in [5.41, 5.74) is 6.04. The van der Waals surface area contributed by atoms with E-state index in [9.17, 15) is 9.59 Å². The number of nitrogens with two attached hydrogens (primary N) is 1. The molecule has 21 heavy (non-hydrogen) atoms. The second kappa shape index (κ2) is 5.66. The van der Waals surface area contributed by atoms with E-state index in [2.05, 4.69) is 0 Å². The molecule has 1 amide bonds. The van der Waals surface area contributed by atoms with E-state index in [1.807, 2.05) is 16.3 Å². The van der Waals surface area contributed by atoms with Crippen molar-refractivity contribution in [2.45, 2.75) is 12.8 Å². The summed E-state index contributed by atoms with van der Waals surface area (Å²) in [5.74, 6) is -0.319. The summed E-state index contributed by atoms with van der Waals surface area (Å²) >= 11 is 7.52. The molecule has 1 aliphatic heterocycles. The number of nitrogens with zero attached hydrogens (tertiary/aromatic N) is 1. The standard InChI is InChI=1S/C15H15ClN2O2S/c16-10-1-2-13-11(7-10)14(19)12(8-21-13)18-5-3-9(4-6-18)15(17)20/h1-2,7-9H,3-6H2,(H2,17,20). The summed E-state index contributed by atoms with van der Waals surface area (Å²) in [5, 5.41) is 3.11. The van der Waals surface area contributed by atoms with Crippen molar-refractivity contribution in [3.63, 3.8) is 0 Å². The van der Waals surface area contributed by atoms with Gasteiger partial charge in [-0.1, -0.05) is 11.6 Å². The number of amides is 1. The molecule has 4 nitrogen and oxygen atoms in total. The van der Waals surface area contributed by atoms with Gasteiger partial charge in [0.05, 0.1) is 5.69 Å². The highest BCUT2D eigenvalue weighted by molar-refractivity contribution is 7.16. The van der Waals surface area contributed by atoms with Crippen LogP contribution >= 0.6 is 22.9 Å². The van der Waals surface area contributed by atoms with Crippen molar-refractivity contribution in [1.29, 1.82) is 0 Å². The minimum Gasteiger partial charge on any atom is -0.369 e. The second-order valence-electron chi connectivity index (χ2n) is 5.25. The molecule has 1 aromatic heterocycles. The Balaban J connectivity index is 1.93. The molecular weight excluding hydrogens is 308 g/mol. The van der Waals surface area contributed by atoms with E-state index < -0.39 is 0 Å². The number of hydrogen-bond donors (Lipinski definition) is 1. The van der Waals surface area contributed by atoms with Gasteiger partial charge in [-0.05, 0) is 31.0 Å². The molecule has 2 aromatic rings. The van der Waals surface area contributed by atoms with Crippen LogP contribution in [0.15, 0.2) is 28.4 Å². The number of hydrogen-bond acceptors (Lipinski definition) is 4. The number of carbonyl (C=O) groups is 1. The van der Waals surface area contributed by atoms with Gasteiger partial charge in [0.15, 0.2) is 0 Å². The smallest absolute Gasteiger partial charge is 0.220 e. The number of halogens is 1. The van der Waals surface area contributed by atoms with Crippen LogP contribution in [0.4, 0.5) is 5.69 Å². The maximum Gasteiger partial charge on any atom is 0.220 e. The predicted octanol–water partition coefficient (Wildman–Crippen LogP) is 2.62. The number of piperidine rings is 1. The Hall–Kier alpha value is -1.59. The van der Waals surface area contributed by atoms with Crippen molar-refractivity contribution in [1.82, 2.24) is 0 Å². The molecule has 1 aliphatic rings. The van der Waals surface area contributed by atoms with Gasteiger partial charge in [0.2, 0.25) is 11.3 Å². The van der Waals surface area contributed by atoms with Crippen molar-refractivity contribution < 1.29 is 4.79 Å². The minimum atomic E-state index is -0.245. The second-order valence-corrected chi connectivity index (χ2v) is 6.60. The van der Waals surface area contributed by atoms with Crippen LogP contribution in [0.3, 0.4) is 0 Å². The molecule has 0 atom stereocenters. The number of primary amides is 1. The monoisotopic (exact) mass is 322 g/mol. The SMILES string of the molecule is NC(=O)C1CCN(c2csc3ccc(Cl)cc3c2=O)CC1. The van der Waals surface area contributed by atoms with Crippen LogP contribution in [0.5, 0.6) is 0 Å². The molecule has 6 heteroatoms. The first-order valence-electron chi connectivity index (χ1n) is 6.81. The van der Waals surface area contributed by atoms with Crippen molar-refractivity contribution in [3.8, 4) is 0 Å². The third-order valence-corrected chi connectivity index (χ3v) is 5.14. The number of rotatable bonds is 2. The Kier molecular flexibility index (Phi) is 3.87. The van der Waals surface area contributed by atoms with Crippen molar-refractivity contribution in [2.24, 2.45) is 11.7 Å². The summed E-state index contributed by atoms with van der Waals surface area (Å²) in [4.78, 5) is 25.9. The van der Waals surface area contributed by atoms with Gasteiger partial charge in [-0.2, -0.15) is 0 Å². The molecular formula is C15H15ClN2O2S.